The lowest BCUT2D eigenvalue weighted by Crippen LogP contribution is -2.22. The van der Waals surface area contributed by atoms with Crippen LogP contribution in [0.25, 0.3) is 0 Å². The average molecular weight is 344 g/mol. The molecule has 0 aromatic heterocycles. The first kappa shape index (κ1) is 20.2. The van der Waals surface area contributed by atoms with Crippen molar-refractivity contribution in [3.05, 3.63) is 35.4 Å². The molecule has 6 heteroatoms. The molecular formula is C17H26F2O3Si. The molecule has 23 heavy (non-hydrogen) atoms. The molecule has 0 spiro atoms. The minimum Gasteiger partial charge on any atom is -0.372 e. The van der Waals surface area contributed by atoms with E-state index in [1.54, 1.807) is 0 Å². The first-order valence-electron chi connectivity index (χ1n) is 8.23. The van der Waals surface area contributed by atoms with Gasteiger partial charge in [-0.2, -0.15) is 0 Å². The third-order valence-electron chi connectivity index (χ3n) is 3.28. The average Bonchev–Trinajstić information content (AvgIpc) is 2.52. The minimum absolute atomic E-state index is 0.362. The molecule has 0 aliphatic carbocycles. The van der Waals surface area contributed by atoms with E-state index in [2.05, 4.69) is 0 Å². The number of aryl methyl sites for hydroxylation is 1. The molecule has 0 N–H and O–H groups in total. The maximum absolute atomic E-state index is 13.4. The van der Waals surface area contributed by atoms with Crippen LogP contribution in [0.5, 0.6) is 0 Å². The van der Waals surface area contributed by atoms with Crippen LogP contribution in [-0.2, 0) is 20.3 Å². The zero-order valence-corrected chi connectivity index (χ0v) is 14.9. The molecule has 130 valence electrons. The molecule has 0 saturated heterocycles. The number of benzene rings is 1. The van der Waals surface area contributed by atoms with Crippen LogP contribution in [0, 0.1) is 11.6 Å². The summed E-state index contributed by atoms with van der Waals surface area (Å²) < 4.78 is 42.4. The summed E-state index contributed by atoms with van der Waals surface area (Å²) >= 11 is 0. The smallest absolute Gasteiger partial charge is 0.261 e. The summed E-state index contributed by atoms with van der Waals surface area (Å²) in [7, 11) is 0.362. The summed E-state index contributed by atoms with van der Waals surface area (Å²) in [6.07, 6.45) is 4.73. The lowest BCUT2D eigenvalue weighted by Gasteiger charge is -2.16. The Bertz CT molecular complexity index is 426. The monoisotopic (exact) mass is 344 g/mol. The first-order chi connectivity index (χ1) is 11.2. The van der Waals surface area contributed by atoms with Gasteiger partial charge in [-0.15, -0.1) is 0 Å². The van der Waals surface area contributed by atoms with Crippen LogP contribution in [0.2, 0.25) is 6.04 Å². The second-order valence-electron chi connectivity index (χ2n) is 5.11. The molecule has 1 rings (SSSR count). The normalized spacial score (nSPS) is 11.3. The van der Waals surface area contributed by atoms with Crippen LogP contribution in [0.4, 0.5) is 8.78 Å². The largest absolute Gasteiger partial charge is 0.372 e. The minimum atomic E-state index is -0.551. The van der Waals surface area contributed by atoms with E-state index in [9.17, 15) is 8.78 Å². The van der Waals surface area contributed by atoms with Crippen LogP contribution < -0.4 is 0 Å². The Morgan fingerprint density at radius 1 is 1.00 bits per heavy atom. The van der Waals surface area contributed by atoms with Gasteiger partial charge in [-0.25, -0.2) is 8.78 Å². The molecule has 0 saturated carbocycles. The van der Waals surface area contributed by atoms with Crippen molar-refractivity contribution < 1.29 is 22.7 Å². The summed E-state index contributed by atoms with van der Waals surface area (Å²) in [5, 5.41) is 0. The van der Waals surface area contributed by atoms with Crippen LogP contribution >= 0.6 is 0 Å². The van der Waals surface area contributed by atoms with Gasteiger partial charge in [0.1, 0.15) is 11.6 Å². The second kappa shape index (κ2) is 12.6. The summed E-state index contributed by atoms with van der Waals surface area (Å²) in [5.41, 5.74) is 0.591. The second-order valence-corrected chi connectivity index (χ2v) is 6.14. The van der Waals surface area contributed by atoms with Gasteiger partial charge in [-0.3, -0.25) is 0 Å². The van der Waals surface area contributed by atoms with Crippen LogP contribution in [0.3, 0.4) is 0 Å². The van der Waals surface area contributed by atoms with Crippen molar-refractivity contribution in [1.82, 2.24) is 0 Å². The van der Waals surface area contributed by atoms with Crippen molar-refractivity contribution in [3.63, 3.8) is 0 Å². The maximum Gasteiger partial charge on any atom is 0.261 e. The van der Waals surface area contributed by atoms with Gasteiger partial charge in [0.05, 0.1) is 0 Å². The van der Waals surface area contributed by atoms with Crippen molar-refractivity contribution in [1.29, 1.82) is 0 Å². The van der Waals surface area contributed by atoms with E-state index in [0.29, 0.717) is 35.0 Å². The standard InChI is InChI=1S/C17H26F2O3Si/c1-3-20-17(21-4-2)22-23-12-8-6-5-7-9-14-10-11-15(18)13-16(14)19/h10-11,13,17H,3-9,12H2,1-2H3. The predicted molar refractivity (Wildman–Crippen MR) is 87.2 cm³/mol. The van der Waals surface area contributed by atoms with Crippen molar-refractivity contribution in [2.24, 2.45) is 0 Å². The summed E-state index contributed by atoms with van der Waals surface area (Å²) in [5.74, 6) is -0.970. The van der Waals surface area contributed by atoms with E-state index in [0.717, 1.165) is 37.8 Å². The molecule has 2 radical (unpaired) electrons. The van der Waals surface area contributed by atoms with E-state index in [1.165, 1.54) is 12.1 Å². The molecule has 0 fully saturated rings. The Morgan fingerprint density at radius 2 is 1.70 bits per heavy atom. The molecule has 3 nitrogen and oxygen atoms in total. The van der Waals surface area contributed by atoms with E-state index in [4.69, 9.17) is 13.9 Å². The van der Waals surface area contributed by atoms with Crippen LogP contribution in [-0.4, -0.2) is 29.5 Å². The lowest BCUT2D eigenvalue weighted by molar-refractivity contribution is -0.243. The van der Waals surface area contributed by atoms with Gasteiger partial charge in [0.2, 0.25) is 9.76 Å². The highest BCUT2D eigenvalue weighted by Gasteiger charge is 2.08. The number of hydrogen-bond acceptors (Lipinski definition) is 3. The quantitative estimate of drug-likeness (QED) is 0.300. The number of unbranched alkanes of at least 4 members (excludes halogenated alkanes) is 3. The summed E-state index contributed by atoms with van der Waals surface area (Å²) in [6, 6.07) is 4.76. The molecule has 0 unspecified atom stereocenters. The Hall–Kier alpha value is -0.823. The van der Waals surface area contributed by atoms with Gasteiger partial charge >= 0.3 is 0 Å². The number of ether oxygens (including phenoxy) is 2. The predicted octanol–water partition coefficient (Wildman–Crippen LogP) is 4.48. The maximum atomic E-state index is 13.4. The molecule has 0 atom stereocenters. The third kappa shape index (κ3) is 9.15. The van der Waals surface area contributed by atoms with Gasteiger partial charge in [0, 0.05) is 19.3 Å². The van der Waals surface area contributed by atoms with Crippen molar-refractivity contribution in [2.75, 3.05) is 13.2 Å². The molecule has 1 aromatic carbocycles. The van der Waals surface area contributed by atoms with E-state index in [1.807, 2.05) is 13.8 Å². The van der Waals surface area contributed by atoms with E-state index < -0.39 is 18.1 Å². The first-order valence-corrected chi connectivity index (χ1v) is 9.34. The number of rotatable bonds is 13. The fourth-order valence-corrected chi connectivity index (χ4v) is 2.89. The molecule has 0 amide bonds. The molecule has 0 aliphatic heterocycles. The Labute approximate surface area is 140 Å². The highest BCUT2D eigenvalue weighted by Crippen LogP contribution is 2.14. The molecule has 0 bridgehead atoms. The topological polar surface area (TPSA) is 27.7 Å². The van der Waals surface area contributed by atoms with Crippen molar-refractivity contribution in [3.8, 4) is 0 Å². The number of halogens is 2. The molecule has 0 heterocycles. The SMILES string of the molecule is CCOC(OCC)O[Si]CCCCCCc1ccc(F)cc1F. The fraction of sp³-hybridized carbons (Fsp3) is 0.647. The summed E-state index contributed by atoms with van der Waals surface area (Å²) in [4.78, 5) is 0. The highest BCUT2D eigenvalue weighted by atomic mass is 28.2. The third-order valence-corrected chi connectivity index (χ3v) is 4.19. The van der Waals surface area contributed by atoms with E-state index in [-0.39, 0.29) is 0 Å². The zero-order valence-electron chi connectivity index (χ0n) is 13.9. The Kier molecular flexibility index (Phi) is 11.1. The Balaban J connectivity index is 2.03. The lowest BCUT2D eigenvalue weighted by atomic mass is 10.1. The zero-order chi connectivity index (χ0) is 16.9. The van der Waals surface area contributed by atoms with Crippen molar-refractivity contribution in [2.45, 2.75) is 58.5 Å². The van der Waals surface area contributed by atoms with Gasteiger partial charge in [0.25, 0.3) is 6.48 Å². The van der Waals surface area contributed by atoms with Gasteiger partial charge in [0.15, 0.2) is 0 Å². The molecular weight excluding hydrogens is 318 g/mol. The summed E-state index contributed by atoms with van der Waals surface area (Å²) in [6.45, 7) is 4.39. The van der Waals surface area contributed by atoms with E-state index >= 15 is 0 Å². The highest BCUT2D eigenvalue weighted by molar-refractivity contribution is 6.27. The van der Waals surface area contributed by atoms with Crippen LogP contribution in [0.1, 0.15) is 45.1 Å². The molecule has 1 aromatic rings. The molecule has 0 aliphatic rings. The van der Waals surface area contributed by atoms with Gasteiger partial charge < -0.3 is 13.9 Å². The van der Waals surface area contributed by atoms with Crippen molar-refractivity contribution >= 4 is 9.76 Å². The number of hydrogen-bond donors (Lipinski definition) is 0. The fourth-order valence-electron chi connectivity index (χ4n) is 2.11. The Morgan fingerprint density at radius 3 is 2.35 bits per heavy atom. The van der Waals surface area contributed by atoms with Gasteiger partial charge in [-0.1, -0.05) is 25.3 Å². The van der Waals surface area contributed by atoms with Crippen LogP contribution in [0.15, 0.2) is 18.2 Å². The van der Waals surface area contributed by atoms with Gasteiger partial charge in [-0.05, 0) is 44.4 Å².